The monoisotopic (exact) mass is 361 g/mol. The molecule has 0 spiro atoms. The lowest BCUT2D eigenvalue weighted by molar-refractivity contribution is -0.157. The molecule has 0 aromatic heterocycles. The number of carboxylic acid groups (broad SMARTS) is 1. The Morgan fingerprint density at radius 1 is 1.42 bits per heavy atom. The Balaban J connectivity index is 2.47. The molecule has 9 nitrogen and oxygen atoms in total. The molecule has 1 unspecified atom stereocenters. The van der Waals surface area contributed by atoms with Crippen LogP contribution in [-0.2, 0) is 14.4 Å². The smallest absolute Gasteiger partial charge is 0.327 e. The van der Waals surface area contributed by atoms with E-state index in [1.807, 2.05) is 0 Å². The lowest BCUT2D eigenvalue weighted by Crippen LogP contribution is -2.57. The molecule has 2 rings (SSSR count). The maximum absolute atomic E-state index is 13.1. The predicted octanol–water partition coefficient (Wildman–Crippen LogP) is -0.658. The van der Waals surface area contributed by atoms with Gasteiger partial charge in [0, 0.05) is 18.8 Å². The molecule has 24 heavy (non-hydrogen) atoms. The van der Waals surface area contributed by atoms with Crippen LogP contribution in [0.4, 0.5) is 4.79 Å². The second kappa shape index (κ2) is 5.92. The van der Waals surface area contributed by atoms with Crippen LogP contribution in [0.3, 0.4) is 0 Å². The third kappa shape index (κ3) is 2.20. The number of nitrogens with zero attached hydrogens (tertiary/aromatic N) is 2. The molecule has 0 aromatic rings. The number of carbonyl (C=O) groups is 4. The molecule has 0 bridgehead atoms. The Kier molecular flexibility index (Phi) is 4.57. The molecule has 136 valence electrons. The quantitative estimate of drug-likeness (QED) is 0.571. The Labute approximate surface area is 141 Å². The molecule has 0 saturated carbocycles. The molecule has 3 amide bonds. The van der Waals surface area contributed by atoms with Crippen molar-refractivity contribution in [2.24, 2.45) is 0 Å². The number of hydrogen-bond acceptors (Lipinski definition) is 5. The van der Waals surface area contributed by atoms with Crippen molar-refractivity contribution >= 4 is 33.1 Å². The van der Waals surface area contributed by atoms with Crippen molar-refractivity contribution < 1.29 is 29.4 Å². The highest BCUT2D eigenvalue weighted by atomic mass is 32.3. The van der Waals surface area contributed by atoms with Gasteiger partial charge in [0.1, 0.15) is 6.04 Å². The zero-order valence-electron chi connectivity index (χ0n) is 14.1. The van der Waals surface area contributed by atoms with Crippen molar-refractivity contribution in [2.75, 3.05) is 26.6 Å². The minimum Gasteiger partial charge on any atom is -0.480 e. The van der Waals surface area contributed by atoms with Gasteiger partial charge >= 0.3 is 5.97 Å². The molecule has 0 aliphatic carbocycles. The maximum Gasteiger partial charge on any atom is 0.327 e. The summed E-state index contributed by atoms with van der Waals surface area (Å²) in [6, 6.07) is -1.16. The van der Waals surface area contributed by atoms with Gasteiger partial charge in [0.15, 0.2) is 0 Å². The first-order valence-electron chi connectivity index (χ1n) is 7.46. The summed E-state index contributed by atoms with van der Waals surface area (Å²) in [7, 11) is 0.297. The largest absolute Gasteiger partial charge is 0.480 e. The first-order valence-corrected chi connectivity index (χ1v) is 9.32. The highest BCUT2D eigenvalue weighted by Gasteiger charge is 2.71. The van der Waals surface area contributed by atoms with Crippen LogP contribution < -0.4 is 5.32 Å². The SMILES string of the molecule is CNC(=O)CN(C)C(=O)S1(CO)[C@@H]2CC(=O)N2[C@@H](C(=O)O)C1(C)C. The van der Waals surface area contributed by atoms with Crippen molar-refractivity contribution in [3.8, 4) is 0 Å². The van der Waals surface area contributed by atoms with Gasteiger partial charge in [-0.05, 0) is 13.8 Å². The van der Waals surface area contributed by atoms with E-state index in [1.165, 1.54) is 23.9 Å². The summed E-state index contributed by atoms with van der Waals surface area (Å²) >= 11 is 0. The van der Waals surface area contributed by atoms with Gasteiger partial charge in [-0.2, -0.15) is 0 Å². The number of carbonyl (C=O) groups excluding carboxylic acids is 3. The second-order valence-corrected chi connectivity index (χ2v) is 10.3. The summed E-state index contributed by atoms with van der Waals surface area (Å²) in [5.74, 6) is -2.41. The summed E-state index contributed by atoms with van der Waals surface area (Å²) in [5, 5.41) is 21.1. The summed E-state index contributed by atoms with van der Waals surface area (Å²) in [5.41, 5.74) is 0. The molecule has 3 N–H and O–H groups in total. The van der Waals surface area contributed by atoms with Crippen molar-refractivity contribution in [1.29, 1.82) is 0 Å². The zero-order valence-corrected chi connectivity index (χ0v) is 14.9. The molecular weight excluding hydrogens is 338 g/mol. The molecule has 0 aromatic carbocycles. The van der Waals surface area contributed by atoms with Crippen LogP contribution in [0.1, 0.15) is 20.3 Å². The van der Waals surface area contributed by atoms with Crippen molar-refractivity contribution in [3.63, 3.8) is 0 Å². The number of rotatable bonds is 4. The van der Waals surface area contributed by atoms with Crippen LogP contribution in [0.15, 0.2) is 0 Å². The molecule has 2 fully saturated rings. The van der Waals surface area contributed by atoms with E-state index >= 15 is 0 Å². The topological polar surface area (TPSA) is 127 Å². The molecule has 2 aliphatic rings. The van der Waals surface area contributed by atoms with Gasteiger partial charge in [-0.1, -0.05) is 0 Å². The summed E-state index contributed by atoms with van der Waals surface area (Å²) in [4.78, 5) is 50.8. The lowest BCUT2D eigenvalue weighted by atomic mass is 9.98. The Hall–Kier alpha value is -1.81. The molecule has 2 saturated heterocycles. The molecule has 3 atom stereocenters. The van der Waals surface area contributed by atoms with Gasteiger partial charge in [-0.3, -0.25) is 14.4 Å². The van der Waals surface area contributed by atoms with Gasteiger partial charge in [-0.25, -0.2) is 4.79 Å². The number of carboxylic acids is 1. The number of aliphatic hydroxyl groups excluding tert-OH is 1. The fourth-order valence-corrected chi connectivity index (χ4v) is 7.92. The molecule has 2 heterocycles. The zero-order chi connectivity index (χ0) is 18.4. The number of nitrogens with one attached hydrogen (secondary N) is 1. The number of aliphatic hydroxyl groups is 1. The average molecular weight is 361 g/mol. The number of amides is 3. The number of aliphatic carboxylic acids is 1. The third-order valence-electron chi connectivity index (χ3n) is 5.01. The van der Waals surface area contributed by atoms with Crippen LogP contribution >= 0.6 is 10.0 Å². The van der Waals surface area contributed by atoms with Crippen LogP contribution in [-0.4, -0.2) is 85.8 Å². The van der Waals surface area contributed by atoms with Crippen molar-refractivity contribution in [2.45, 2.75) is 36.4 Å². The summed E-state index contributed by atoms with van der Waals surface area (Å²) in [6.45, 7) is 3.02. The number of fused-ring (bicyclic) bond motifs is 1. The van der Waals surface area contributed by atoms with E-state index in [4.69, 9.17) is 0 Å². The van der Waals surface area contributed by atoms with Crippen LogP contribution in [0.5, 0.6) is 0 Å². The normalized spacial score (nSPS) is 33.0. The summed E-state index contributed by atoms with van der Waals surface area (Å²) in [6.07, 6.45) is 0.0443. The minimum absolute atomic E-state index is 0.0443. The molecule has 10 heteroatoms. The molecule has 0 radical (unpaired) electrons. The van der Waals surface area contributed by atoms with E-state index in [2.05, 4.69) is 5.32 Å². The van der Waals surface area contributed by atoms with E-state index in [0.29, 0.717) is 0 Å². The summed E-state index contributed by atoms with van der Waals surface area (Å²) < 4.78 is -1.11. The van der Waals surface area contributed by atoms with E-state index in [9.17, 15) is 29.4 Å². The Morgan fingerprint density at radius 2 is 2.00 bits per heavy atom. The predicted molar refractivity (Wildman–Crippen MR) is 87.5 cm³/mol. The van der Waals surface area contributed by atoms with Gasteiger partial charge in [0.25, 0.3) is 5.24 Å². The Bertz CT molecular complexity index is 609. The number of β-lactam (4-membered cyclic amide) rings is 1. The van der Waals surface area contributed by atoms with E-state index in [1.54, 1.807) is 13.8 Å². The first kappa shape index (κ1) is 18.5. The molecule has 2 aliphatic heterocycles. The van der Waals surface area contributed by atoms with Crippen molar-refractivity contribution in [3.05, 3.63) is 0 Å². The third-order valence-corrected chi connectivity index (χ3v) is 9.77. The van der Waals surface area contributed by atoms with Crippen molar-refractivity contribution in [1.82, 2.24) is 15.1 Å². The van der Waals surface area contributed by atoms with Crippen LogP contribution in [0, 0.1) is 0 Å². The highest BCUT2D eigenvalue weighted by molar-refractivity contribution is 8.46. The first-order chi connectivity index (χ1) is 11.1. The van der Waals surface area contributed by atoms with Gasteiger partial charge < -0.3 is 25.3 Å². The lowest BCUT2D eigenvalue weighted by Gasteiger charge is -2.50. The minimum atomic E-state index is -2.59. The second-order valence-electron chi connectivity index (χ2n) is 6.52. The molecular formula is C14H23N3O6S. The van der Waals surface area contributed by atoms with E-state index < -0.39 is 43.3 Å². The van der Waals surface area contributed by atoms with Crippen LogP contribution in [0.2, 0.25) is 0 Å². The maximum atomic E-state index is 13.1. The standard InChI is InChI=1S/C14H23N3O6S/c1-14(2)11(12(21)22)17-9(20)5-10(17)24(14,7-18)13(23)16(4)6-8(19)15-3/h10-11,18H,5-7H2,1-4H3,(H,15,19)(H,21,22)/t10-,11+/m1/s1. The van der Waals surface area contributed by atoms with E-state index in [-0.39, 0.29) is 24.8 Å². The fraction of sp³-hybridized carbons (Fsp3) is 0.714. The van der Waals surface area contributed by atoms with Gasteiger partial charge in [0.05, 0.1) is 24.3 Å². The Morgan fingerprint density at radius 3 is 2.38 bits per heavy atom. The fourth-order valence-electron chi connectivity index (χ4n) is 3.63. The average Bonchev–Trinajstić information content (AvgIpc) is 2.67. The van der Waals surface area contributed by atoms with Gasteiger partial charge in [-0.15, -0.1) is 10.0 Å². The van der Waals surface area contributed by atoms with Gasteiger partial charge in [0.2, 0.25) is 11.8 Å². The van der Waals surface area contributed by atoms with Crippen LogP contribution in [0.25, 0.3) is 0 Å². The number of likely N-dealkylation sites (N-methyl/N-ethyl adjacent to an activating group) is 2. The van der Waals surface area contributed by atoms with E-state index in [0.717, 1.165) is 0 Å². The number of hydrogen-bond donors (Lipinski definition) is 3. The highest BCUT2D eigenvalue weighted by Crippen LogP contribution is 2.73.